The van der Waals surface area contributed by atoms with Gasteiger partial charge in [0.1, 0.15) is 6.54 Å². The van der Waals surface area contributed by atoms with Gasteiger partial charge in [0, 0.05) is 31.9 Å². The van der Waals surface area contributed by atoms with E-state index in [1.54, 1.807) is 19.0 Å². The predicted octanol–water partition coefficient (Wildman–Crippen LogP) is 1.70. The number of guanidine groups is 1. The molecule has 1 unspecified atom stereocenters. The maximum atomic E-state index is 11.7. The number of hydrogen-bond donors (Lipinski definition) is 2. The maximum absolute atomic E-state index is 11.7. The van der Waals surface area contributed by atoms with E-state index < -0.39 is 0 Å². The van der Waals surface area contributed by atoms with Crippen molar-refractivity contribution in [2.45, 2.75) is 44.3 Å². The van der Waals surface area contributed by atoms with Crippen LogP contribution in [-0.2, 0) is 4.79 Å². The molecule has 0 aromatic carbocycles. The Morgan fingerprint density at radius 3 is 2.71 bits per heavy atom. The molecule has 1 heterocycles. The van der Waals surface area contributed by atoms with Crippen LogP contribution in [0.2, 0.25) is 0 Å². The number of hydrogen-bond acceptors (Lipinski definition) is 3. The molecule has 1 saturated heterocycles. The van der Waals surface area contributed by atoms with Gasteiger partial charge in [-0.05, 0) is 31.9 Å². The molecule has 0 aromatic heterocycles. The number of nitrogens with zero attached hydrogens (tertiary/aromatic N) is 2. The van der Waals surface area contributed by atoms with E-state index in [1.807, 2.05) is 11.8 Å². The fraction of sp³-hybridized carbons (Fsp3) is 0.867. The van der Waals surface area contributed by atoms with Crippen LogP contribution in [0.5, 0.6) is 0 Å². The zero-order valence-electron chi connectivity index (χ0n) is 13.9. The van der Waals surface area contributed by atoms with Crippen molar-refractivity contribution in [2.75, 3.05) is 39.5 Å². The van der Waals surface area contributed by atoms with Crippen LogP contribution in [0.15, 0.2) is 4.99 Å². The van der Waals surface area contributed by atoms with E-state index in [0.29, 0.717) is 4.75 Å². The highest BCUT2D eigenvalue weighted by atomic mass is 32.2. The number of aliphatic imine (C=N–C) groups is 1. The third kappa shape index (κ3) is 7.07. The van der Waals surface area contributed by atoms with E-state index in [9.17, 15) is 4.79 Å². The van der Waals surface area contributed by atoms with Crippen molar-refractivity contribution in [3.05, 3.63) is 0 Å². The van der Waals surface area contributed by atoms with Crippen LogP contribution in [0.25, 0.3) is 0 Å². The average Bonchev–Trinajstić information content (AvgIpc) is 2.88. The largest absolute Gasteiger partial charge is 0.356 e. The SMILES string of the molecule is CCCCNC(=NCC(=O)N(C)C)NCC1(C)CCCS1. The number of carbonyl (C=O) groups excluding carboxylic acids is 1. The summed E-state index contributed by atoms with van der Waals surface area (Å²) in [5, 5.41) is 6.72. The fourth-order valence-electron chi connectivity index (χ4n) is 2.09. The molecule has 1 atom stereocenters. The molecule has 21 heavy (non-hydrogen) atoms. The zero-order chi connectivity index (χ0) is 15.7. The Morgan fingerprint density at radius 1 is 1.38 bits per heavy atom. The third-order valence-corrected chi connectivity index (χ3v) is 5.16. The Morgan fingerprint density at radius 2 is 2.14 bits per heavy atom. The van der Waals surface area contributed by atoms with Crippen molar-refractivity contribution >= 4 is 23.6 Å². The van der Waals surface area contributed by atoms with Crippen molar-refractivity contribution in [1.29, 1.82) is 0 Å². The lowest BCUT2D eigenvalue weighted by Crippen LogP contribution is -2.44. The lowest BCUT2D eigenvalue weighted by Gasteiger charge is -2.24. The van der Waals surface area contributed by atoms with Crippen LogP contribution < -0.4 is 10.6 Å². The first-order valence-corrected chi connectivity index (χ1v) is 8.82. The van der Waals surface area contributed by atoms with E-state index in [-0.39, 0.29) is 12.5 Å². The van der Waals surface area contributed by atoms with E-state index in [4.69, 9.17) is 0 Å². The Balaban J connectivity index is 2.50. The van der Waals surface area contributed by atoms with Gasteiger partial charge in [-0.15, -0.1) is 0 Å². The molecule has 0 aliphatic carbocycles. The second kappa shape index (κ2) is 9.18. The minimum atomic E-state index is 0.0213. The predicted molar refractivity (Wildman–Crippen MR) is 92.0 cm³/mol. The van der Waals surface area contributed by atoms with Gasteiger partial charge in [-0.3, -0.25) is 4.79 Å². The normalized spacial score (nSPS) is 22.2. The molecule has 2 N–H and O–H groups in total. The van der Waals surface area contributed by atoms with Gasteiger partial charge in [0.05, 0.1) is 0 Å². The number of likely N-dealkylation sites (N-methyl/N-ethyl adjacent to an activating group) is 1. The van der Waals surface area contributed by atoms with Crippen LogP contribution in [0.4, 0.5) is 0 Å². The average molecular weight is 314 g/mol. The highest BCUT2D eigenvalue weighted by molar-refractivity contribution is 8.00. The van der Waals surface area contributed by atoms with Crippen LogP contribution in [0, 0.1) is 0 Å². The van der Waals surface area contributed by atoms with Gasteiger partial charge in [0.25, 0.3) is 0 Å². The molecule has 1 aliphatic heterocycles. The lowest BCUT2D eigenvalue weighted by molar-refractivity contribution is -0.127. The van der Waals surface area contributed by atoms with Gasteiger partial charge < -0.3 is 15.5 Å². The highest BCUT2D eigenvalue weighted by Crippen LogP contribution is 2.36. The quantitative estimate of drug-likeness (QED) is 0.427. The number of carbonyl (C=O) groups is 1. The van der Waals surface area contributed by atoms with Crippen molar-refractivity contribution in [3.63, 3.8) is 0 Å². The van der Waals surface area contributed by atoms with Gasteiger partial charge in [0.15, 0.2) is 5.96 Å². The molecule has 6 heteroatoms. The molecule has 0 spiro atoms. The summed E-state index contributed by atoms with van der Waals surface area (Å²) in [5.74, 6) is 2.02. The summed E-state index contributed by atoms with van der Waals surface area (Å²) in [4.78, 5) is 17.6. The summed E-state index contributed by atoms with van der Waals surface area (Å²) in [5.41, 5.74) is 0. The molecule has 0 aromatic rings. The topological polar surface area (TPSA) is 56.7 Å². The van der Waals surface area contributed by atoms with Crippen molar-refractivity contribution < 1.29 is 4.79 Å². The monoisotopic (exact) mass is 314 g/mol. The van der Waals surface area contributed by atoms with Gasteiger partial charge in [-0.25, -0.2) is 4.99 Å². The fourth-order valence-corrected chi connectivity index (χ4v) is 3.34. The molecule has 1 aliphatic rings. The van der Waals surface area contributed by atoms with Crippen LogP contribution in [0.1, 0.15) is 39.5 Å². The third-order valence-electron chi connectivity index (χ3n) is 3.62. The second-order valence-corrected chi connectivity index (χ2v) is 7.67. The summed E-state index contributed by atoms with van der Waals surface area (Å²) < 4.78 is 0.290. The second-order valence-electron chi connectivity index (χ2n) is 5.99. The molecule has 0 bridgehead atoms. The van der Waals surface area contributed by atoms with E-state index in [2.05, 4.69) is 29.5 Å². The van der Waals surface area contributed by atoms with Gasteiger partial charge in [-0.1, -0.05) is 13.3 Å². The summed E-state index contributed by atoms with van der Waals surface area (Å²) in [6.45, 7) is 6.44. The summed E-state index contributed by atoms with van der Waals surface area (Å²) in [6, 6.07) is 0. The van der Waals surface area contributed by atoms with Crippen molar-refractivity contribution in [1.82, 2.24) is 15.5 Å². The number of amides is 1. The van der Waals surface area contributed by atoms with Crippen LogP contribution in [-0.4, -0.2) is 61.0 Å². The first kappa shape index (κ1) is 18.1. The van der Waals surface area contributed by atoms with E-state index >= 15 is 0 Å². The summed E-state index contributed by atoms with van der Waals surface area (Å²) in [6.07, 6.45) is 4.78. The van der Waals surface area contributed by atoms with E-state index in [0.717, 1.165) is 31.9 Å². The van der Waals surface area contributed by atoms with Gasteiger partial charge >= 0.3 is 0 Å². The molecule has 0 radical (unpaired) electrons. The molecule has 1 fully saturated rings. The van der Waals surface area contributed by atoms with Crippen molar-refractivity contribution in [2.24, 2.45) is 4.99 Å². The Labute approximate surface area is 133 Å². The first-order chi connectivity index (χ1) is 9.97. The molecule has 122 valence electrons. The Kier molecular flexibility index (Phi) is 7.93. The van der Waals surface area contributed by atoms with Crippen LogP contribution in [0.3, 0.4) is 0 Å². The van der Waals surface area contributed by atoms with Gasteiger partial charge in [-0.2, -0.15) is 11.8 Å². The number of thioether (sulfide) groups is 1. The summed E-state index contributed by atoms with van der Waals surface area (Å²) in [7, 11) is 3.51. The number of rotatable bonds is 7. The number of unbranched alkanes of at least 4 members (excludes halogenated alkanes) is 1. The van der Waals surface area contributed by atoms with Gasteiger partial charge in [0.2, 0.25) is 5.91 Å². The summed E-state index contributed by atoms with van der Waals surface area (Å²) >= 11 is 2.02. The molecule has 1 rings (SSSR count). The molecule has 5 nitrogen and oxygen atoms in total. The highest BCUT2D eigenvalue weighted by Gasteiger charge is 2.29. The number of nitrogens with one attached hydrogen (secondary N) is 2. The standard InChI is InChI=1S/C15H30N4OS/c1-5-6-9-16-14(17-11-13(20)19(3)4)18-12-15(2)8-7-10-21-15/h5-12H2,1-4H3,(H2,16,17,18). The minimum Gasteiger partial charge on any atom is -0.356 e. The minimum absolute atomic E-state index is 0.0213. The Bertz CT molecular complexity index is 352. The smallest absolute Gasteiger partial charge is 0.243 e. The molecular formula is C15H30N4OS. The molecule has 1 amide bonds. The Hall–Kier alpha value is -0.910. The lowest BCUT2D eigenvalue weighted by atomic mass is 10.1. The zero-order valence-corrected chi connectivity index (χ0v) is 14.7. The van der Waals surface area contributed by atoms with Crippen molar-refractivity contribution in [3.8, 4) is 0 Å². The first-order valence-electron chi connectivity index (χ1n) is 7.83. The van der Waals surface area contributed by atoms with Crippen LogP contribution >= 0.6 is 11.8 Å². The molecular weight excluding hydrogens is 284 g/mol. The maximum Gasteiger partial charge on any atom is 0.243 e. The van der Waals surface area contributed by atoms with E-state index in [1.165, 1.54) is 18.6 Å². The molecule has 0 saturated carbocycles.